The first kappa shape index (κ1) is 14.9. The summed E-state index contributed by atoms with van der Waals surface area (Å²) in [5, 5.41) is 11.6. The van der Waals surface area contributed by atoms with Crippen LogP contribution in [0.15, 0.2) is 24.5 Å². The van der Waals surface area contributed by atoms with Crippen molar-refractivity contribution >= 4 is 23.8 Å². The van der Waals surface area contributed by atoms with Crippen molar-refractivity contribution in [1.82, 2.24) is 25.0 Å². The van der Waals surface area contributed by atoms with Crippen LogP contribution < -0.4 is 5.32 Å². The molecule has 1 spiro atoms. The van der Waals surface area contributed by atoms with Crippen molar-refractivity contribution in [2.75, 3.05) is 13.1 Å². The molecule has 1 atom stereocenters. The molecule has 4 fully saturated rings. The molecule has 2 aromatic heterocycles. The highest BCUT2D eigenvalue weighted by molar-refractivity contribution is 6.00. The first-order valence-corrected chi connectivity index (χ1v) is 8.13. The number of aromatic nitrogens is 3. The van der Waals surface area contributed by atoms with Crippen LogP contribution in [0.3, 0.4) is 0 Å². The summed E-state index contributed by atoms with van der Waals surface area (Å²) in [4.78, 5) is 15.4. The number of nitrogens with zero attached hydrogens (tertiary/aromatic N) is 4. The average molecular weight is 334 g/mol. The van der Waals surface area contributed by atoms with E-state index >= 15 is 0 Å². The lowest BCUT2D eigenvalue weighted by molar-refractivity contribution is -0.00142. The Kier molecular flexibility index (Phi) is 3.35. The van der Waals surface area contributed by atoms with Crippen LogP contribution in [0.25, 0.3) is 5.52 Å². The highest BCUT2D eigenvalue weighted by atomic mass is 35.5. The number of rotatable bonds is 2. The zero-order chi connectivity index (χ0) is 14.7. The summed E-state index contributed by atoms with van der Waals surface area (Å²) in [6.07, 6.45) is 8.18. The second kappa shape index (κ2) is 5.18. The summed E-state index contributed by atoms with van der Waals surface area (Å²) >= 11 is 0. The minimum atomic E-state index is -0.00646. The molecule has 5 heterocycles. The highest BCUT2D eigenvalue weighted by Crippen LogP contribution is 2.53. The molecule has 1 amide bonds. The Morgan fingerprint density at radius 2 is 2.04 bits per heavy atom. The van der Waals surface area contributed by atoms with Gasteiger partial charge in [-0.05, 0) is 56.8 Å². The van der Waals surface area contributed by atoms with Crippen LogP contribution in [0.4, 0.5) is 0 Å². The Labute approximate surface area is 140 Å². The molecule has 4 aliphatic rings. The average Bonchev–Trinajstić information content (AvgIpc) is 3.21. The molecule has 0 aromatic carbocycles. The number of fused-ring (bicyclic) bond motifs is 3. The topological polar surface area (TPSA) is 62.5 Å². The van der Waals surface area contributed by atoms with Gasteiger partial charge in [0.1, 0.15) is 5.52 Å². The summed E-state index contributed by atoms with van der Waals surface area (Å²) in [6.45, 7) is 2.41. The molecular formula is C16H20ClN5O. The summed E-state index contributed by atoms with van der Waals surface area (Å²) in [5.41, 5.74) is 1.66. The Morgan fingerprint density at radius 3 is 2.78 bits per heavy atom. The van der Waals surface area contributed by atoms with Gasteiger partial charge in [-0.3, -0.25) is 9.69 Å². The summed E-state index contributed by atoms with van der Waals surface area (Å²) < 4.78 is 1.51. The van der Waals surface area contributed by atoms with Crippen molar-refractivity contribution in [3.63, 3.8) is 0 Å². The van der Waals surface area contributed by atoms with Gasteiger partial charge in [0.05, 0.1) is 17.8 Å². The monoisotopic (exact) mass is 333 g/mol. The van der Waals surface area contributed by atoms with Crippen LogP contribution in [0, 0.1) is 5.92 Å². The summed E-state index contributed by atoms with van der Waals surface area (Å²) in [7, 11) is 0. The minimum absolute atomic E-state index is 0. The van der Waals surface area contributed by atoms with E-state index in [1.165, 1.54) is 43.4 Å². The predicted octanol–water partition coefficient (Wildman–Crippen LogP) is 1.51. The van der Waals surface area contributed by atoms with Gasteiger partial charge in [0.2, 0.25) is 0 Å². The van der Waals surface area contributed by atoms with Crippen molar-refractivity contribution in [3.05, 3.63) is 30.1 Å². The number of amides is 1. The lowest BCUT2D eigenvalue weighted by atomic mass is 9.77. The highest BCUT2D eigenvalue weighted by Gasteiger charge is 2.60. The molecule has 6 rings (SSSR count). The molecule has 0 radical (unpaired) electrons. The van der Waals surface area contributed by atoms with E-state index in [0.717, 1.165) is 5.52 Å². The fourth-order valence-electron chi connectivity index (χ4n) is 4.55. The van der Waals surface area contributed by atoms with Gasteiger partial charge in [-0.15, -0.1) is 12.4 Å². The summed E-state index contributed by atoms with van der Waals surface area (Å²) in [6, 6.07) is 4.03. The van der Waals surface area contributed by atoms with E-state index in [9.17, 15) is 4.79 Å². The van der Waals surface area contributed by atoms with Gasteiger partial charge in [0, 0.05) is 11.7 Å². The molecule has 1 saturated carbocycles. The first-order chi connectivity index (χ1) is 10.8. The van der Waals surface area contributed by atoms with Gasteiger partial charge in [0.15, 0.2) is 0 Å². The molecule has 2 aromatic rings. The van der Waals surface area contributed by atoms with Crippen molar-refractivity contribution in [2.24, 2.45) is 5.92 Å². The zero-order valence-corrected chi connectivity index (χ0v) is 13.6. The summed E-state index contributed by atoms with van der Waals surface area (Å²) in [5.74, 6) is 0.629. The van der Waals surface area contributed by atoms with E-state index in [4.69, 9.17) is 0 Å². The van der Waals surface area contributed by atoms with Gasteiger partial charge in [0.25, 0.3) is 5.91 Å². The third-order valence-corrected chi connectivity index (χ3v) is 5.82. The van der Waals surface area contributed by atoms with Crippen LogP contribution in [0.1, 0.15) is 36.0 Å². The van der Waals surface area contributed by atoms with Gasteiger partial charge < -0.3 is 5.32 Å². The van der Waals surface area contributed by atoms with Crippen molar-refractivity contribution < 1.29 is 4.79 Å². The fraction of sp³-hybridized carbons (Fsp3) is 0.562. The van der Waals surface area contributed by atoms with E-state index in [2.05, 4.69) is 20.4 Å². The molecule has 1 aliphatic carbocycles. The third-order valence-electron chi connectivity index (χ3n) is 5.82. The minimum Gasteiger partial charge on any atom is -0.347 e. The van der Waals surface area contributed by atoms with Crippen molar-refractivity contribution in [3.8, 4) is 0 Å². The number of carbonyl (C=O) groups excluding carboxylic acids is 1. The van der Waals surface area contributed by atoms with E-state index < -0.39 is 0 Å². The maximum Gasteiger partial charge on any atom is 0.255 e. The van der Waals surface area contributed by atoms with Crippen molar-refractivity contribution in [2.45, 2.75) is 37.3 Å². The molecule has 122 valence electrons. The van der Waals surface area contributed by atoms with E-state index in [1.807, 2.05) is 12.1 Å². The molecule has 1 N–H and O–H groups in total. The lowest BCUT2D eigenvalue weighted by Gasteiger charge is -2.52. The van der Waals surface area contributed by atoms with E-state index in [0.29, 0.717) is 17.5 Å². The van der Waals surface area contributed by atoms with Crippen LogP contribution in [-0.4, -0.2) is 50.3 Å². The van der Waals surface area contributed by atoms with E-state index in [1.54, 1.807) is 12.4 Å². The molecule has 3 aliphatic heterocycles. The fourth-order valence-corrected chi connectivity index (χ4v) is 4.55. The molecule has 7 heteroatoms. The zero-order valence-electron chi connectivity index (χ0n) is 12.8. The van der Waals surface area contributed by atoms with Crippen LogP contribution >= 0.6 is 12.4 Å². The van der Waals surface area contributed by atoms with Crippen LogP contribution in [-0.2, 0) is 0 Å². The standard InChI is InChI=1S/C16H19N5O.ClH/c22-15(12-10-18-21-13(12)2-1-7-17-21)19-14-11-3-8-20(9-4-11)16(14)5-6-16;/h1-2,7,10-11,14H,3-6,8-9H2,(H,19,22);1H/t14-;/m1./s1. The molecule has 2 bridgehead atoms. The largest absolute Gasteiger partial charge is 0.347 e. The number of halogens is 1. The van der Waals surface area contributed by atoms with Crippen molar-refractivity contribution in [1.29, 1.82) is 0 Å². The Bertz CT molecular complexity index is 748. The number of nitrogens with one attached hydrogen (secondary N) is 1. The second-order valence-corrected chi connectivity index (χ2v) is 6.84. The molecule has 0 unspecified atom stereocenters. The predicted molar refractivity (Wildman–Crippen MR) is 87.8 cm³/mol. The molecule has 3 saturated heterocycles. The molecular weight excluding hydrogens is 314 g/mol. The number of piperidine rings is 3. The first-order valence-electron chi connectivity index (χ1n) is 8.13. The van der Waals surface area contributed by atoms with Crippen LogP contribution in [0.2, 0.25) is 0 Å². The second-order valence-electron chi connectivity index (χ2n) is 6.84. The number of hydrogen-bond acceptors (Lipinski definition) is 4. The SMILES string of the molecule is Cl.O=C(N[C@@H]1C2CCN(CC2)C12CC2)c1cnn2ncccc12. The Morgan fingerprint density at radius 1 is 1.26 bits per heavy atom. The van der Waals surface area contributed by atoms with Gasteiger partial charge in [-0.25, -0.2) is 0 Å². The molecule has 23 heavy (non-hydrogen) atoms. The quantitative estimate of drug-likeness (QED) is 0.905. The Hall–Kier alpha value is -1.66. The smallest absolute Gasteiger partial charge is 0.255 e. The van der Waals surface area contributed by atoms with Gasteiger partial charge >= 0.3 is 0 Å². The van der Waals surface area contributed by atoms with Gasteiger partial charge in [-0.1, -0.05) is 0 Å². The van der Waals surface area contributed by atoms with Crippen LogP contribution in [0.5, 0.6) is 0 Å². The normalized spacial score (nSPS) is 30.2. The maximum atomic E-state index is 12.8. The third kappa shape index (κ3) is 2.08. The van der Waals surface area contributed by atoms with E-state index in [-0.39, 0.29) is 23.9 Å². The molecule has 6 nitrogen and oxygen atoms in total. The number of hydrogen-bond donors (Lipinski definition) is 1. The lowest BCUT2D eigenvalue weighted by Crippen LogP contribution is -2.65. The Balaban J connectivity index is 0.00000135. The number of carbonyl (C=O) groups is 1. The van der Waals surface area contributed by atoms with Gasteiger partial charge in [-0.2, -0.15) is 14.8 Å². The maximum absolute atomic E-state index is 12.8.